The number of carbonyl (C=O) groups excluding carboxylic acids is 1. The van der Waals surface area contributed by atoms with Gasteiger partial charge in [-0.2, -0.15) is 13.2 Å². The van der Waals surface area contributed by atoms with Crippen LogP contribution < -0.4 is 5.32 Å². The van der Waals surface area contributed by atoms with Gasteiger partial charge in [-0.05, 0) is 44.2 Å². The lowest BCUT2D eigenvalue weighted by Crippen LogP contribution is -2.52. The quantitative estimate of drug-likeness (QED) is 0.756. The van der Waals surface area contributed by atoms with Crippen molar-refractivity contribution in [2.75, 3.05) is 5.32 Å². The predicted octanol–water partition coefficient (Wildman–Crippen LogP) is 5.11. The lowest BCUT2D eigenvalue weighted by atomic mass is 10.1. The Hall–Kier alpha value is -1.22. The van der Waals surface area contributed by atoms with Crippen LogP contribution in [-0.2, 0) is 4.79 Å². The third-order valence-corrected chi connectivity index (χ3v) is 5.55. The first-order valence-electron chi connectivity index (χ1n) is 6.65. The molecule has 1 atom stereocenters. The van der Waals surface area contributed by atoms with Crippen molar-refractivity contribution in [2.24, 2.45) is 0 Å². The standard InChI is InChI=1S/C15H13ClF3NO2S2/c1-8-3-6-12(23-8)24-9-4-5-11(10(16)7-9)20-13(21)14(2,22)15(17,18)19/h3-7,22H,1-2H3,(H,20,21). The molecule has 2 rings (SSSR count). The summed E-state index contributed by atoms with van der Waals surface area (Å²) >= 11 is 9.08. The van der Waals surface area contributed by atoms with Crippen molar-refractivity contribution in [1.29, 1.82) is 0 Å². The number of rotatable bonds is 4. The van der Waals surface area contributed by atoms with Crippen molar-refractivity contribution in [1.82, 2.24) is 0 Å². The molecule has 0 fully saturated rings. The fraction of sp³-hybridized carbons (Fsp3) is 0.267. The van der Waals surface area contributed by atoms with Gasteiger partial charge in [0.15, 0.2) is 0 Å². The molecule has 0 aliphatic rings. The Morgan fingerprint density at radius 2 is 1.96 bits per heavy atom. The van der Waals surface area contributed by atoms with E-state index < -0.39 is 17.7 Å². The first-order chi connectivity index (χ1) is 11.0. The van der Waals surface area contributed by atoms with Gasteiger partial charge in [-0.3, -0.25) is 4.79 Å². The molecule has 0 aliphatic carbocycles. The number of thiophene rings is 1. The minimum Gasteiger partial charge on any atom is -0.373 e. The van der Waals surface area contributed by atoms with E-state index in [1.165, 1.54) is 17.8 Å². The third-order valence-electron chi connectivity index (χ3n) is 3.12. The van der Waals surface area contributed by atoms with Gasteiger partial charge in [-0.1, -0.05) is 23.4 Å². The minimum absolute atomic E-state index is 0.00194. The van der Waals surface area contributed by atoms with Crippen LogP contribution in [0.3, 0.4) is 0 Å². The molecule has 0 radical (unpaired) electrons. The summed E-state index contributed by atoms with van der Waals surface area (Å²) in [7, 11) is 0. The van der Waals surface area contributed by atoms with Crippen LogP contribution in [0.25, 0.3) is 0 Å². The smallest absolute Gasteiger partial charge is 0.373 e. The molecular formula is C15H13ClF3NO2S2. The van der Waals surface area contributed by atoms with Crippen LogP contribution in [0.2, 0.25) is 5.02 Å². The van der Waals surface area contributed by atoms with Crippen LogP contribution in [0.4, 0.5) is 18.9 Å². The molecule has 0 bridgehead atoms. The second-order valence-electron chi connectivity index (χ2n) is 5.13. The second kappa shape index (κ2) is 6.95. The van der Waals surface area contributed by atoms with E-state index in [1.807, 2.05) is 24.4 Å². The van der Waals surface area contributed by atoms with E-state index in [0.29, 0.717) is 6.92 Å². The number of hydrogen-bond donors (Lipinski definition) is 2. The molecule has 0 saturated carbocycles. The van der Waals surface area contributed by atoms with Crippen molar-refractivity contribution < 1.29 is 23.1 Å². The Kier molecular flexibility index (Phi) is 5.54. The number of hydrogen-bond acceptors (Lipinski definition) is 4. The normalized spacial score (nSPS) is 14.3. The van der Waals surface area contributed by atoms with E-state index in [0.717, 1.165) is 14.0 Å². The van der Waals surface area contributed by atoms with Gasteiger partial charge in [-0.15, -0.1) is 11.3 Å². The first-order valence-corrected chi connectivity index (χ1v) is 8.66. The number of anilines is 1. The van der Waals surface area contributed by atoms with Crippen LogP contribution >= 0.6 is 34.7 Å². The molecule has 1 aromatic carbocycles. The van der Waals surface area contributed by atoms with Crippen LogP contribution in [0, 0.1) is 6.92 Å². The zero-order chi connectivity index (χ0) is 18.1. The number of halogens is 4. The van der Waals surface area contributed by atoms with E-state index in [4.69, 9.17) is 11.6 Å². The zero-order valence-corrected chi connectivity index (χ0v) is 15.0. The number of nitrogens with one attached hydrogen (secondary N) is 1. The van der Waals surface area contributed by atoms with Crippen LogP contribution in [-0.4, -0.2) is 22.8 Å². The molecule has 0 spiro atoms. The summed E-state index contributed by atoms with van der Waals surface area (Å²) in [6, 6.07) is 8.50. The number of aliphatic hydroxyl groups is 1. The number of amides is 1. The molecule has 0 aliphatic heterocycles. The van der Waals surface area contributed by atoms with Crippen molar-refractivity contribution in [3.63, 3.8) is 0 Å². The summed E-state index contributed by atoms with van der Waals surface area (Å²) in [5, 5.41) is 11.4. The molecule has 0 saturated heterocycles. The zero-order valence-electron chi connectivity index (χ0n) is 12.6. The SMILES string of the molecule is Cc1ccc(Sc2ccc(NC(=O)C(C)(O)C(F)(F)F)c(Cl)c2)s1. The van der Waals surface area contributed by atoms with Gasteiger partial charge in [0.2, 0.25) is 5.60 Å². The average molecular weight is 396 g/mol. The maximum absolute atomic E-state index is 12.6. The van der Waals surface area contributed by atoms with Crippen LogP contribution in [0.5, 0.6) is 0 Å². The molecule has 1 aromatic heterocycles. The molecule has 3 nitrogen and oxygen atoms in total. The highest BCUT2D eigenvalue weighted by molar-refractivity contribution is 8.01. The van der Waals surface area contributed by atoms with E-state index >= 15 is 0 Å². The van der Waals surface area contributed by atoms with Crippen molar-refractivity contribution in [3.8, 4) is 0 Å². The Balaban J connectivity index is 2.14. The minimum atomic E-state index is -5.09. The summed E-state index contributed by atoms with van der Waals surface area (Å²) in [4.78, 5) is 13.6. The Morgan fingerprint density at radius 3 is 2.46 bits per heavy atom. The molecule has 9 heteroatoms. The van der Waals surface area contributed by atoms with E-state index in [9.17, 15) is 23.1 Å². The highest BCUT2D eigenvalue weighted by Gasteiger charge is 2.55. The van der Waals surface area contributed by atoms with Crippen molar-refractivity contribution >= 4 is 46.3 Å². The van der Waals surface area contributed by atoms with Crippen LogP contribution in [0.15, 0.2) is 39.4 Å². The molecule has 1 amide bonds. The Morgan fingerprint density at radius 1 is 1.29 bits per heavy atom. The van der Waals surface area contributed by atoms with Gasteiger partial charge in [0.25, 0.3) is 5.91 Å². The molecule has 2 N–H and O–H groups in total. The first kappa shape index (κ1) is 19.1. The maximum Gasteiger partial charge on any atom is 0.426 e. The molecule has 130 valence electrons. The Bertz CT molecular complexity index is 759. The van der Waals surface area contributed by atoms with E-state index in [1.54, 1.807) is 23.5 Å². The largest absolute Gasteiger partial charge is 0.426 e. The highest BCUT2D eigenvalue weighted by atomic mass is 35.5. The van der Waals surface area contributed by atoms with Gasteiger partial charge in [0.1, 0.15) is 0 Å². The van der Waals surface area contributed by atoms with Gasteiger partial charge >= 0.3 is 6.18 Å². The predicted molar refractivity (Wildman–Crippen MR) is 89.9 cm³/mol. The summed E-state index contributed by atoms with van der Waals surface area (Å²) in [6.45, 7) is 2.37. The fourth-order valence-corrected chi connectivity index (χ4v) is 4.03. The summed E-state index contributed by atoms with van der Waals surface area (Å²) in [5.41, 5.74) is -3.50. The highest BCUT2D eigenvalue weighted by Crippen LogP contribution is 2.37. The molecule has 1 heterocycles. The second-order valence-corrected chi connectivity index (χ2v) is 8.20. The monoisotopic (exact) mass is 395 g/mol. The summed E-state index contributed by atoms with van der Waals surface area (Å²) in [5.74, 6) is -1.59. The number of aryl methyl sites for hydroxylation is 1. The van der Waals surface area contributed by atoms with Gasteiger partial charge < -0.3 is 10.4 Å². The third kappa shape index (κ3) is 4.24. The molecule has 24 heavy (non-hydrogen) atoms. The fourth-order valence-electron chi connectivity index (χ4n) is 1.62. The summed E-state index contributed by atoms with van der Waals surface area (Å²) < 4.78 is 39.0. The average Bonchev–Trinajstić information content (AvgIpc) is 2.85. The van der Waals surface area contributed by atoms with Crippen LogP contribution in [0.1, 0.15) is 11.8 Å². The lowest BCUT2D eigenvalue weighted by molar-refractivity contribution is -0.242. The Labute approximate surface area is 149 Å². The van der Waals surface area contributed by atoms with E-state index in [-0.39, 0.29) is 10.7 Å². The number of carbonyl (C=O) groups is 1. The number of benzene rings is 1. The molecule has 2 aromatic rings. The van der Waals surface area contributed by atoms with Gasteiger partial charge in [0.05, 0.1) is 14.9 Å². The topological polar surface area (TPSA) is 49.3 Å². The van der Waals surface area contributed by atoms with Crippen molar-refractivity contribution in [3.05, 3.63) is 40.2 Å². The maximum atomic E-state index is 12.6. The van der Waals surface area contributed by atoms with Gasteiger partial charge in [0, 0.05) is 9.77 Å². The number of alkyl halides is 3. The van der Waals surface area contributed by atoms with Gasteiger partial charge in [-0.25, -0.2) is 0 Å². The lowest BCUT2D eigenvalue weighted by Gasteiger charge is -2.25. The summed E-state index contributed by atoms with van der Waals surface area (Å²) in [6.07, 6.45) is -5.09. The van der Waals surface area contributed by atoms with Crippen molar-refractivity contribution in [2.45, 2.75) is 34.7 Å². The van der Waals surface area contributed by atoms with E-state index in [2.05, 4.69) is 0 Å². The molecule has 1 unspecified atom stereocenters. The molecular weight excluding hydrogens is 383 g/mol.